The third kappa shape index (κ3) is 2.02. The SMILES string of the molecule is Fc1ccccc1NC1C=CC=CC1. The largest absolute Gasteiger partial charge is 0.376 e. The molecule has 0 heterocycles. The average molecular weight is 189 g/mol. The second-order valence-corrected chi connectivity index (χ2v) is 3.28. The van der Waals surface area contributed by atoms with Crippen molar-refractivity contribution < 1.29 is 4.39 Å². The minimum Gasteiger partial charge on any atom is -0.376 e. The summed E-state index contributed by atoms with van der Waals surface area (Å²) in [5.74, 6) is -0.199. The topological polar surface area (TPSA) is 12.0 Å². The molecule has 1 unspecified atom stereocenters. The normalized spacial score (nSPS) is 19.6. The monoisotopic (exact) mass is 189 g/mol. The first-order valence-corrected chi connectivity index (χ1v) is 4.70. The number of halogens is 1. The molecule has 2 rings (SSSR count). The van der Waals surface area contributed by atoms with Gasteiger partial charge in [-0.1, -0.05) is 36.4 Å². The number of hydrogen-bond acceptors (Lipinski definition) is 1. The van der Waals surface area contributed by atoms with Crippen LogP contribution in [-0.4, -0.2) is 6.04 Å². The number of nitrogens with one attached hydrogen (secondary N) is 1. The standard InChI is InChI=1S/C12H12FN/c13-11-8-4-5-9-12(11)14-10-6-2-1-3-7-10/h1-6,8-10,14H,7H2. The van der Waals surface area contributed by atoms with Crippen molar-refractivity contribution in [3.05, 3.63) is 54.4 Å². The van der Waals surface area contributed by atoms with Crippen molar-refractivity contribution in [1.82, 2.24) is 0 Å². The number of hydrogen-bond donors (Lipinski definition) is 1. The summed E-state index contributed by atoms with van der Waals surface area (Å²) in [7, 11) is 0. The molecule has 1 aromatic rings. The Morgan fingerprint density at radius 2 is 2.07 bits per heavy atom. The Hall–Kier alpha value is -1.57. The predicted molar refractivity (Wildman–Crippen MR) is 56.7 cm³/mol. The van der Waals surface area contributed by atoms with Gasteiger partial charge in [-0.05, 0) is 18.6 Å². The van der Waals surface area contributed by atoms with Crippen LogP contribution >= 0.6 is 0 Å². The Balaban J connectivity index is 2.07. The predicted octanol–water partition coefficient (Wildman–Crippen LogP) is 3.12. The fourth-order valence-electron chi connectivity index (χ4n) is 1.47. The second kappa shape index (κ2) is 4.09. The molecule has 1 atom stereocenters. The Labute approximate surface area is 83.0 Å². The van der Waals surface area contributed by atoms with Gasteiger partial charge in [0, 0.05) is 6.04 Å². The van der Waals surface area contributed by atoms with Gasteiger partial charge in [-0.25, -0.2) is 4.39 Å². The Kier molecular flexibility index (Phi) is 2.63. The maximum atomic E-state index is 13.2. The molecule has 1 N–H and O–H groups in total. The van der Waals surface area contributed by atoms with E-state index in [-0.39, 0.29) is 11.9 Å². The van der Waals surface area contributed by atoms with E-state index in [2.05, 4.69) is 11.4 Å². The van der Waals surface area contributed by atoms with E-state index in [4.69, 9.17) is 0 Å². The average Bonchev–Trinajstić information content (AvgIpc) is 2.23. The molecule has 0 spiro atoms. The van der Waals surface area contributed by atoms with Crippen LogP contribution in [0.1, 0.15) is 6.42 Å². The van der Waals surface area contributed by atoms with E-state index in [0.29, 0.717) is 5.69 Å². The molecule has 1 aliphatic carbocycles. The first kappa shape index (κ1) is 9.00. The molecule has 14 heavy (non-hydrogen) atoms. The summed E-state index contributed by atoms with van der Waals surface area (Å²) < 4.78 is 13.2. The first-order chi connectivity index (χ1) is 6.86. The van der Waals surface area contributed by atoms with Gasteiger partial charge in [0.15, 0.2) is 0 Å². The van der Waals surface area contributed by atoms with Crippen LogP contribution in [0.25, 0.3) is 0 Å². The van der Waals surface area contributed by atoms with Crippen LogP contribution in [0, 0.1) is 5.82 Å². The zero-order valence-corrected chi connectivity index (χ0v) is 7.78. The number of rotatable bonds is 2. The van der Waals surface area contributed by atoms with E-state index >= 15 is 0 Å². The van der Waals surface area contributed by atoms with Crippen molar-refractivity contribution in [2.45, 2.75) is 12.5 Å². The summed E-state index contributed by atoms with van der Waals surface area (Å²) in [4.78, 5) is 0. The van der Waals surface area contributed by atoms with Gasteiger partial charge in [0.25, 0.3) is 0 Å². The summed E-state index contributed by atoms with van der Waals surface area (Å²) in [6.45, 7) is 0. The van der Waals surface area contributed by atoms with Crippen LogP contribution in [0.2, 0.25) is 0 Å². The molecule has 0 aliphatic heterocycles. The molecule has 72 valence electrons. The van der Waals surface area contributed by atoms with Crippen LogP contribution in [0.5, 0.6) is 0 Å². The molecule has 0 saturated heterocycles. The fourth-order valence-corrected chi connectivity index (χ4v) is 1.47. The lowest BCUT2D eigenvalue weighted by molar-refractivity contribution is 0.628. The van der Waals surface area contributed by atoms with Gasteiger partial charge < -0.3 is 5.32 Å². The molecule has 0 aromatic heterocycles. The summed E-state index contributed by atoms with van der Waals surface area (Å²) in [5, 5.41) is 3.14. The zero-order valence-electron chi connectivity index (χ0n) is 7.78. The van der Waals surface area contributed by atoms with Gasteiger partial charge in [-0.3, -0.25) is 0 Å². The van der Waals surface area contributed by atoms with Crippen molar-refractivity contribution in [3.8, 4) is 0 Å². The molecule has 1 aliphatic rings. The number of anilines is 1. The van der Waals surface area contributed by atoms with E-state index < -0.39 is 0 Å². The van der Waals surface area contributed by atoms with Gasteiger partial charge in [0.1, 0.15) is 5.82 Å². The summed E-state index contributed by atoms with van der Waals surface area (Å²) >= 11 is 0. The van der Waals surface area contributed by atoms with Crippen LogP contribution in [0.3, 0.4) is 0 Å². The summed E-state index contributed by atoms with van der Waals surface area (Å²) in [5.41, 5.74) is 0.567. The van der Waals surface area contributed by atoms with E-state index in [1.165, 1.54) is 6.07 Å². The zero-order chi connectivity index (χ0) is 9.80. The molecule has 0 radical (unpaired) electrons. The lowest BCUT2D eigenvalue weighted by atomic mass is 10.1. The molecule has 0 amide bonds. The Morgan fingerprint density at radius 1 is 1.21 bits per heavy atom. The molecular formula is C12H12FN. The van der Waals surface area contributed by atoms with Crippen LogP contribution in [0.4, 0.5) is 10.1 Å². The van der Waals surface area contributed by atoms with Crippen molar-refractivity contribution in [2.75, 3.05) is 5.32 Å². The number of benzene rings is 1. The van der Waals surface area contributed by atoms with E-state index in [1.807, 2.05) is 24.3 Å². The van der Waals surface area contributed by atoms with Gasteiger partial charge in [0.05, 0.1) is 5.69 Å². The minimum absolute atomic E-state index is 0.199. The van der Waals surface area contributed by atoms with Crippen LogP contribution < -0.4 is 5.32 Å². The Bertz CT molecular complexity index is 368. The highest BCUT2D eigenvalue weighted by Crippen LogP contribution is 2.16. The summed E-state index contributed by atoms with van der Waals surface area (Å²) in [6.07, 6.45) is 8.98. The van der Waals surface area contributed by atoms with Crippen molar-refractivity contribution >= 4 is 5.69 Å². The van der Waals surface area contributed by atoms with Crippen LogP contribution in [-0.2, 0) is 0 Å². The van der Waals surface area contributed by atoms with Gasteiger partial charge >= 0.3 is 0 Å². The van der Waals surface area contributed by atoms with E-state index in [9.17, 15) is 4.39 Å². The lowest BCUT2D eigenvalue weighted by Crippen LogP contribution is -2.17. The Morgan fingerprint density at radius 3 is 2.79 bits per heavy atom. The third-order valence-electron chi connectivity index (χ3n) is 2.20. The summed E-state index contributed by atoms with van der Waals surface area (Å²) in [6, 6.07) is 6.94. The molecule has 0 fully saturated rings. The molecular weight excluding hydrogens is 177 g/mol. The number of allylic oxidation sites excluding steroid dienone is 2. The minimum atomic E-state index is -0.199. The van der Waals surface area contributed by atoms with Crippen molar-refractivity contribution in [3.63, 3.8) is 0 Å². The van der Waals surface area contributed by atoms with Gasteiger partial charge in [-0.15, -0.1) is 0 Å². The molecule has 2 heteroatoms. The highest BCUT2D eigenvalue weighted by Gasteiger charge is 2.07. The van der Waals surface area contributed by atoms with Gasteiger partial charge in [0.2, 0.25) is 0 Å². The van der Waals surface area contributed by atoms with Gasteiger partial charge in [-0.2, -0.15) is 0 Å². The van der Waals surface area contributed by atoms with Crippen LogP contribution in [0.15, 0.2) is 48.6 Å². The number of para-hydroxylation sites is 1. The highest BCUT2D eigenvalue weighted by molar-refractivity contribution is 5.46. The van der Waals surface area contributed by atoms with E-state index in [0.717, 1.165) is 6.42 Å². The van der Waals surface area contributed by atoms with E-state index in [1.54, 1.807) is 12.1 Å². The molecule has 0 bridgehead atoms. The lowest BCUT2D eigenvalue weighted by Gasteiger charge is -2.16. The first-order valence-electron chi connectivity index (χ1n) is 4.70. The maximum Gasteiger partial charge on any atom is 0.146 e. The van der Waals surface area contributed by atoms with Crippen molar-refractivity contribution in [1.29, 1.82) is 0 Å². The highest BCUT2D eigenvalue weighted by atomic mass is 19.1. The third-order valence-corrected chi connectivity index (χ3v) is 2.20. The molecule has 1 aromatic carbocycles. The maximum absolute atomic E-state index is 13.2. The quantitative estimate of drug-likeness (QED) is 0.753. The smallest absolute Gasteiger partial charge is 0.146 e. The molecule has 0 saturated carbocycles. The second-order valence-electron chi connectivity index (χ2n) is 3.28. The molecule has 1 nitrogen and oxygen atoms in total. The fraction of sp³-hybridized carbons (Fsp3) is 0.167. The van der Waals surface area contributed by atoms with Crippen molar-refractivity contribution in [2.24, 2.45) is 0 Å².